The number of rotatable bonds is 5. The summed E-state index contributed by atoms with van der Waals surface area (Å²) in [4.78, 5) is 26.9. The fourth-order valence-corrected chi connectivity index (χ4v) is 4.33. The van der Waals surface area contributed by atoms with E-state index >= 15 is 0 Å². The molecule has 2 saturated carbocycles. The Morgan fingerprint density at radius 3 is 2.84 bits per heavy atom. The van der Waals surface area contributed by atoms with Gasteiger partial charge in [-0.15, -0.1) is 0 Å². The van der Waals surface area contributed by atoms with E-state index in [1.165, 1.54) is 25.0 Å². The van der Waals surface area contributed by atoms with Crippen molar-refractivity contribution in [3.63, 3.8) is 0 Å². The van der Waals surface area contributed by atoms with Crippen LogP contribution in [0, 0.1) is 23.6 Å². The van der Waals surface area contributed by atoms with Gasteiger partial charge in [0.25, 0.3) is 5.91 Å². The van der Waals surface area contributed by atoms with E-state index in [1.807, 2.05) is 4.90 Å². The molecule has 1 aromatic carbocycles. The third-order valence-electron chi connectivity index (χ3n) is 6.02. The van der Waals surface area contributed by atoms with Crippen LogP contribution >= 0.6 is 11.6 Å². The fourth-order valence-electron chi connectivity index (χ4n) is 4.22. The van der Waals surface area contributed by atoms with Gasteiger partial charge in [0.05, 0.1) is 17.1 Å². The highest BCUT2D eigenvalue weighted by atomic mass is 35.5. The molecule has 1 N–H and O–H groups in total. The molecule has 2 amide bonds. The number of hydrogen-bond donors (Lipinski definition) is 1. The summed E-state index contributed by atoms with van der Waals surface area (Å²) in [5, 5.41) is 2.97. The molecule has 0 spiro atoms. The largest absolute Gasteiger partial charge is 0.347 e. The predicted molar refractivity (Wildman–Crippen MR) is 92.8 cm³/mol. The van der Waals surface area contributed by atoms with Crippen LogP contribution in [0.2, 0.25) is 5.02 Å². The van der Waals surface area contributed by atoms with Crippen LogP contribution < -0.4 is 5.32 Å². The first-order chi connectivity index (χ1) is 11.9. The minimum atomic E-state index is -0.600. The van der Waals surface area contributed by atoms with Crippen molar-refractivity contribution in [3.05, 3.63) is 34.6 Å². The maximum atomic E-state index is 13.5. The number of fused-ring (bicyclic) bond motifs is 1. The molecule has 2 bridgehead atoms. The Hall–Kier alpha value is -1.62. The quantitative estimate of drug-likeness (QED) is 0.872. The molecule has 1 unspecified atom stereocenters. The number of amides is 2. The summed E-state index contributed by atoms with van der Waals surface area (Å²) in [6, 6.07) is 4.12. The van der Waals surface area contributed by atoms with E-state index in [1.54, 1.807) is 0 Å². The highest BCUT2D eigenvalue weighted by molar-refractivity contribution is 6.30. The molecule has 0 aromatic heterocycles. The summed E-state index contributed by atoms with van der Waals surface area (Å²) in [6.07, 6.45) is 4.05. The Labute approximate surface area is 151 Å². The van der Waals surface area contributed by atoms with E-state index in [-0.39, 0.29) is 34.5 Å². The molecule has 2 aliphatic carbocycles. The van der Waals surface area contributed by atoms with Gasteiger partial charge in [-0.1, -0.05) is 18.5 Å². The average molecular weight is 365 g/mol. The minimum Gasteiger partial charge on any atom is -0.347 e. The van der Waals surface area contributed by atoms with Gasteiger partial charge in [-0.25, -0.2) is 4.39 Å². The van der Waals surface area contributed by atoms with Gasteiger partial charge < -0.3 is 10.2 Å². The first-order valence-corrected chi connectivity index (χ1v) is 9.37. The van der Waals surface area contributed by atoms with E-state index in [0.717, 1.165) is 24.9 Å². The van der Waals surface area contributed by atoms with Gasteiger partial charge in [0, 0.05) is 24.4 Å². The first kappa shape index (κ1) is 16.8. The normalized spacial score (nSPS) is 28.4. The second kappa shape index (κ2) is 6.27. The van der Waals surface area contributed by atoms with Crippen molar-refractivity contribution in [2.24, 2.45) is 17.8 Å². The lowest BCUT2D eigenvalue weighted by Crippen LogP contribution is -2.55. The smallest absolute Gasteiger partial charge is 0.251 e. The summed E-state index contributed by atoms with van der Waals surface area (Å²) in [6.45, 7) is 2.88. The summed E-state index contributed by atoms with van der Waals surface area (Å²) >= 11 is 5.66. The molecule has 4 nitrogen and oxygen atoms in total. The van der Waals surface area contributed by atoms with E-state index in [0.29, 0.717) is 18.3 Å². The maximum Gasteiger partial charge on any atom is 0.251 e. The van der Waals surface area contributed by atoms with E-state index in [4.69, 9.17) is 11.6 Å². The van der Waals surface area contributed by atoms with Crippen molar-refractivity contribution in [2.45, 2.75) is 44.7 Å². The molecule has 1 aromatic rings. The third-order valence-corrected chi connectivity index (χ3v) is 6.33. The number of halogens is 2. The lowest BCUT2D eigenvalue weighted by molar-refractivity contribution is -0.132. The average Bonchev–Trinajstić information content (AvgIpc) is 3.24. The summed E-state index contributed by atoms with van der Waals surface area (Å²) in [5.41, 5.74) is 0.258. The molecule has 2 saturated heterocycles. The second-order valence-electron chi connectivity index (χ2n) is 7.76. The molecule has 2 aliphatic heterocycles. The fraction of sp³-hybridized carbons (Fsp3) is 0.579. The van der Waals surface area contributed by atoms with Crippen molar-refractivity contribution >= 4 is 23.4 Å². The Morgan fingerprint density at radius 2 is 2.16 bits per heavy atom. The van der Waals surface area contributed by atoms with Gasteiger partial charge >= 0.3 is 0 Å². The van der Waals surface area contributed by atoms with Gasteiger partial charge in [-0.05, 0) is 49.3 Å². The van der Waals surface area contributed by atoms with Crippen LogP contribution in [-0.2, 0) is 4.79 Å². The van der Waals surface area contributed by atoms with Crippen LogP contribution in [0.3, 0.4) is 0 Å². The van der Waals surface area contributed by atoms with Gasteiger partial charge in [-0.3, -0.25) is 9.59 Å². The molecule has 4 atom stereocenters. The lowest BCUT2D eigenvalue weighted by Gasteiger charge is -2.37. The van der Waals surface area contributed by atoms with Gasteiger partial charge in [0.2, 0.25) is 5.91 Å². The standard InChI is InChI=1S/C19H22ClFN2O2/c1-10(11-2-3-11)6-17(24)23-9-13-8-16(23)18(13)22-19(25)12-4-5-14(20)15(21)7-12/h4-5,7,10-11,13,16,18H,2-3,6,8-9H2,1H3,(H,22,25)/t10?,13-,16-,18+/m0/s1. The minimum absolute atomic E-state index is 0.00168. The highest BCUT2D eigenvalue weighted by Crippen LogP contribution is 2.43. The van der Waals surface area contributed by atoms with E-state index in [2.05, 4.69) is 12.2 Å². The monoisotopic (exact) mass is 364 g/mol. The molecule has 4 fully saturated rings. The molecule has 2 heterocycles. The molecule has 5 rings (SSSR count). The van der Waals surface area contributed by atoms with Crippen LogP contribution in [-0.4, -0.2) is 35.3 Å². The molecule has 6 heteroatoms. The molecule has 4 aliphatic rings. The number of carbonyl (C=O) groups is 2. The Morgan fingerprint density at radius 1 is 1.40 bits per heavy atom. The summed E-state index contributed by atoms with van der Waals surface area (Å²) in [5.74, 6) is 0.785. The predicted octanol–water partition coefficient (Wildman–Crippen LogP) is 3.24. The first-order valence-electron chi connectivity index (χ1n) is 8.99. The maximum absolute atomic E-state index is 13.5. The van der Waals surface area contributed by atoms with Crippen LogP contribution in [0.4, 0.5) is 4.39 Å². The molecule has 0 radical (unpaired) electrons. The van der Waals surface area contributed by atoms with Crippen molar-refractivity contribution in [3.8, 4) is 0 Å². The molecule has 134 valence electrons. The third kappa shape index (κ3) is 3.14. The van der Waals surface area contributed by atoms with Crippen molar-refractivity contribution < 1.29 is 14.0 Å². The van der Waals surface area contributed by atoms with Gasteiger partial charge in [0.1, 0.15) is 5.82 Å². The van der Waals surface area contributed by atoms with Crippen molar-refractivity contribution in [2.75, 3.05) is 6.54 Å². The summed E-state index contributed by atoms with van der Waals surface area (Å²) < 4.78 is 13.5. The van der Waals surface area contributed by atoms with Crippen LogP contribution in [0.5, 0.6) is 0 Å². The number of nitrogens with zero attached hydrogens (tertiary/aromatic N) is 1. The lowest BCUT2D eigenvalue weighted by atomic mass is 9.80. The SMILES string of the molecule is CC(CC(=O)N1C[C@@H]2C[C@H]1[C@@H]2NC(=O)c1ccc(Cl)c(F)c1)C1CC1. The van der Waals surface area contributed by atoms with Crippen LogP contribution in [0.1, 0.15) is 43.0 Å². The zero-order valence-corrected chi connectivity index (χ0v) is 14.9. The number of carbonyl (C=O) groups excluding carboxylic acids is 2. The van der Waals surface area contributed by atoms with Crippen molar-refractivity contribution in [1.82, 2.24) is 10.2 Å². The van der Waals surface area contributed by atoms with E-state index in [9.17, 15) is 14.0 Å². The van der Waals surface area contributed by atoms with Crippen LogP contribution in [0.15, 0.2) is 18.2 Å². The van der Waals surface area contributed by atoms with Gasteiger partial charge in [-0.2, -0.15) is 0 Å². The Bertz CT molecular complexity index is 721. The number of benzene rings is 1. The zero-order valence-electron chi connectivity index (χ0n) is 14.2. The topological polar surface area (TPSA) is 49.4 Å². The van der Waals surface area contributed by atoms with Gasteiger partial charge in [0.15, 0.2) is 0 Å². The number of nitrogens with one attached hydrogen (secondary N) is 1. The Kier molecular flexibility index (Phi) is 4.22. The number of hydrogen-bond acceptors (Lipinski definition) is 2. The highest BCUT2D eigenvalue weighted by Gasteiger charge is 2.54. The zero-order chi connectivity index (χ0) is 17.7. The van der Waals surface area contributed by atoms with Crippen LogP contribution in [0.25, 0.3) is 0 Å². The Balaban J connectivity index is 1.36. The summed E-state index contributed by atoms with van der Waals surface area (Å²) in [7, 11) is 0. The van der Waals surface area contributed by atoms with Crippen molar-refractivity contribution in [1.29, 1.82) is 0 Å². The second-order valence-corrected chi connectivity index (χ2v) is 8.16. The molecule has 25 heavy (non-hydrogen) atoms. The molecular formula is C19H22ClFN2O2. The molecular weight excluding hydrogens is 343 g/mol. The van der Waals surface area contributed by atoms with E-state index < -0.39 is 5.82 Å².